The molecular weight excluding hydrogens is 871 g/mol. The number of piperidine rings is 1. The quantitative estimate of drug-likeness (QED) is 0.163. The van der Waals surface area contributed by atoms with Gasteiger partial charge >= 0.3 is 5.97 Å². The third kappa shape index (κ3) is 14.1. The minimum Gasteiger partial charge on any atom is -0.461 e. The summed E-state index contributed by atoms with van der Waals surface area (Å²) >= 11 is 0. The van der Waals surface area contributed by atoms with Gasteiger partial charge in [0.05, 0.1) is 24.4 Å². The minimum absolute atomic E-state index is 0.00699. The molecule has 1 aromatic rings. The highest BCUT2D eigenvalue weighted by Gasteiger charge is 2.53. The lowest BCUT2D eigenvalue weighted by Gasteiger charge is -2.42. The van der Waals surface area contributed by atoms with Crippen molar-refractivity contribution >= 4 is 23.4 Å². The first kappa shape index (κ1) is 55.0. The van der Waals surface area contributed by atoms with E-state index in [1.54, 1.807) is 39.1 Å². The van der Waals surface area contributed by atoms with E-state index in [1.165, 1.54) is 12.0 Å². The molecule has 15 atom stereocenters. The molecule has 3 aliphatic heterocycles. The van der Waals surface area contributed by atoms with Crippen molar-refractivity contribution < 1.29 is 53.1 Å². The van der Waals surface area contributed by atoms with Gasteiger partial charge in [0, 0.05) is 46.1 Å². The average Bonchev–Trinajstić information content (AvgIpc) is 3.87. The van der Waals surface area contributed by atoms with Crippen molar-refractivity contribution in [1.29, 1.82) is 0 Å². The maximum absolute atomic E-state index is 14.5. The van der Waals surface area contributed by atoms with Gasteiger partial charge in [-0.15, -0.1) is 5.10 Å². The van der Waals surface area contributed by atoms with E-state index in [2.05, 4.69) is 22.4 Å². The van der Waals surface area contributed by atoms with Gasteiger partial charge in [-0.05, 0) is 136 Å². The van der Waals surface area contributed by atoms with Gasteiger partial charge in [0.2, 0.25) is 5.79 Å². The van der Waals surface area contributed by atoms with Crippen LogP contribution in [-0.2, 0) is 42.9 Å². The van der Waals surface area contributed by atoms with E-state index in [0.717, 1.165) is 31.3 Å². The van der Waals surface area contributed by atoms with E-state index in [0.29, 0.717) is 63.4 Å². The third-order valence-electron chi connectivity index (χ3n) is 15.2. The van der Waals surface area contributed by atoms with Gasteiger partial charge in [0.15, 0.2) is 5.78 Å². The number of allylic oxidation sites excluding steroid dienone is 6. The van der Waals surface area contributed by atoms with Crippen LogP contribution in [-0.4, -0.2) is 135 Å². The van der Waals surface area contributed by atoms with Crippen LogP contribution in [0.25, 0.3) is 0 Å². The van der Waals surface area contributed by atoms with Gasteiger partial charge in [-0.2, -0.15) is 0 Å². The number of methoxy groups -OCH3 is 3. The van der Waals surface area contributed by atoms with Crippen LogP contribution in [0.4, 0.5) is 0 Å². The second-order valence-electron chi connectivity index (χ2n) is 20.5. The number of nitrogens with zero attached hydrogens (tertiary/aromatic N) is 5. The normalized spacial score (nSPS) is 37.9. The molecular formula is C52H81N5O11. The second-order valence-corrected chi connectivity index (χ2v) is 20.5. The van der Waals surface area contributed by atoms with Crippen molar-refractivity contribution in [2.75, 3.05) is 27.9 Å². The first-order chi connectivity index (χ1) is 32.4. The number of esters is 1. The number of fused-ring (bicyclic) bond motifs is 3. The van der Waals surface area contributed by atoms with Crippen LogP contribution in [0.3, 0.4) is 0 Å². The molecule has 3 fully saturated rings. The van der Waals surface area contributed by atoms with Crippen LogP contribution in [0.15, 0.2) is 53.9 Å². The van der Waals surface area contributed by atoms with Gasteiger partial charge in [0.25, 0.3) is 11.7 Å². The summed E-state index contributed by atoms with van der Waals surface area (Å²) in [6, 6.07) is -1.02. The topological polar surface area (TPSA) is 202 Å². The minimum atomic E-state index is -2.38. The molecule has 2 bridgehead atoms. The summed E-state index contributed by atoms with van der Waals surface area (Å²) in [5.74, 6) is -6.05. The Balaban J connectivity index is 1.44. The molecule has 0 aromatic carbocycles. The smallest absolute Gasteiger partial charge is 0.329 e. The molecule has 1 amide bonds. The summed E-state index contributed by atoms with van der Waals surface area (Å²) in [5.41, 5.74) is 1.52. The van der Waals surface area contributed by atoms with Crippen molar-refractivity contribution in [2.24, 2.45) is 35.5 Å². The van der Waals surface area contributed by atoms with Gasteiger partial charge < -0.3 is 38.8 Å². The number of aliphatic hydroxyl groups excluding tert-OH is 1. The fourth-order valence-electron chi connectivity index (χ4n) is 10.9. The number of hydrogen-bond donors (Lipinski definition) is 2. The molecule has 1 aromatic heterocycles. The highest BCUT2D eigenvalue weighted by Crippen LogP contribution is 2.39. The van der Waals surface area contributed by atoms with Crippen molar-refractivity contribution in [3.63, 3.8) is 0 Å². The Morgan fingerprint density at radius 3 is 2.31 bits per heavy atom. The van der Waals surface area contributed by atoms with Gasteiger partial charge in [-0.3, -0.25) is 14.4 Å². The van der Waals surface area contributed by atoms with E-state index < -0.39 is 65.9 Å². The number of aromatic nitrogens is 4. The van der Waals surface area contributed by atoms with E-state index in [1.807, 2.05) is 64.2 Å². The molecule has 0 radical (unpaired) electrons. The summed E-state index contributed by atoms with van der Waals surface area (Å²) in [5, 5.41) is 35.3. The fourth-order valence-corrected chi connectivity index (χ4v) is 10.9. The monoisotopic (exact) mass is 952 g/mol. The van der Waals surface area contributed by atoms with Crippen LogP contribution in [0.2, 0.25) is 0 Å². The summed E-state index contributed by atoms with van der Waals surface area (Å²) in [6.07, 6.45) is 17.2. The first-order valence-electron chi connectivity index (χ1n) is 25.1. The number of carbonyl (C=O) groups excluding carboxylic acids is 4. The molecule has 4 aliphatic rings. The lowest BCUT2D eigenvalue weighted by Crippen LogP contribution is -2.61. The maximum Gasteiger partial charge on any atom is 0.329 e. The molecule has 16 heteroatoms. The molecule has 2 saturated heterocycles. The van der Waals surface area contributed by atoms with E-state index in [4.69, 9.17) is 23.7 Å². The molecule has 16 nitrogen and oxygen atoms in total. The Labute approximate surface area is 404 Å². The zero-order valence-electron chi connectivity index (χ0n) is 42.3. The molecule has 5 rings (SSSR count). The molecule has 1 aliphatic carbocycles. The van der Waals surface area contributed by atoms with E-state index in [-0.39, 0.29) is 54.1 Å². The Morgan fingerprint density at radius 1 is 0.853 bits per heavy atom. The van der Waals surface area contributed by atoms with Crippen molar-refractivity contribution in [3.05, 3.63) is 53.9 Å². The Kier molecular flexibility index (Phi) is 20.9. The predicted octanol–water partition coefficient (Wildman–Crippen LogP) is 6.87. The van der Waals surface area contributed by atoms with E-state index in [9.17, 15) is 29.4 Å². The fraction of sp³-hybridized carbons (Fsp3) is 0.750. The van der Waals surface area contributed by atoms with Gasteiger partial charge in [-0.1, -0.05) is 71.1 Å². The SMILES string of the molecule is CO[C@H]1C[C@@H]2CC[C@@H](C)[C@@](O)(O2)C(=O)C(=O)N2CCCC[C@H]2C(=O)O[C@H]([C@H](C)C[C@@H]2CC[C@H](n3cnnn3)[C@H](OC)C2)CC[C@H](C)/C=C(\C)[C@@H](O)[C@@H](OC)C(=O)[C@H](C)C[C@H](C)/C=C/C=CC=C1C. The second kappa shape index (κ2) is 25.8. The number of ketones is 2. The standard InChI is InChI=1S/C52H81N5O11/c1-32-16-12-11-13-17-34(3)44(64-8)30-40-22-20-38(7)52(63,68-40)49(60)50(61)56-25-15-14-18-42(56)51(62)67-43(24-19-33(2)27-37(6)47(59)48(66-10)46(58)36(5)26-32)35(4)28-39-21-23-41(45(29-39)65-9)57-31-53-54-55-57/h11-13,16-17,27,31-33,35-36,38-45,47-48,59,63H,14-15,18-26,28-30H2,1-10H3/b13-11?,16-12+,34-17?,37-27+/t32-,33+,35-,36-,38-,39+,40+,41+,42+,43+,44+,45-,47-,48+,52-/m1/s1. The summed E-state index contributed by atoms with van der Waals surface area (Å²) in [7, 11) is 4.75. The Morgan fingerprint density at radius 2 is 1.62 bits per heavy atom. The van der Waals surface area contributed by atoms with Gasteiger partial charge in [0.1, 0.15) is 30.7 Å². The highest BCUT2D eigenvalue weighted by atomic mass is 16.6. The summed E-state index contributed by atoms with van der Waals surface area (Å²) < 4.78 is 31.9. The Hall–Kier alpha value is -3.93. The predicted molar refractivity (Wildman–Crippen MR) is 256 cm³/mol. The van der Waals surface area contributed by atoms with Crippen molar-refractivity contribution in [1.82, 2.24) is 25.1 Å². The van der Waals surface area contributed by atoms with E-state index >= 15 is 0 Å². The number of cyclic esters (lactones) is 1. The third-order valence-corrected chi connectivity index (χ3v) is 15.2. The zero-order valence-corrected chi connectivity index (χ0v) is 42.3. The van der Waals surface area contributed by atoms with Crippen LogP contribution in [0.1, 0.15) is 138 Å². The number of Topliss-reactive ketones (excluding diaryl/α,β-unsaturated/α-hetero) is 2. The number of ether oxygens (including phenoxy) is 5. The molecule has 0 spiro atoms. The average molecular weight is 952 g/mol. The number of aliphatic hydroxyl groups is 2. The lowest BCUT2D eigenvalue weighted by atomic mass is 9.77. The van der Waals surface area contributed by atoms with Crippen molar-refractivity contribution in [3.8, 4) is 0 Å². The first-order valence-corrected chi connectivity index (χ1v) is 25.1. The lowest BCUT2D eigenvalue weighted by molar-refractivity contribution is -0.265. The molecule has 1 saturated carbocycles. The number of carbonyl (C=O) groups is 4. The Bertz CT molecular complexity index is 1940. The molecule has 2 N–H and O–H groups in total. The van der Waals surface area contributed by atoms with Crippen LogP contribution >= 0.6 is 0 Å². The molecule has 4 heterocycles. The van der Waals surface area contributed by atoms with Crippen LogP contribution in [0.5, 0.6) is 0 Å². The zero-order chi connectivity index (χ0) is 49.7. The highest BCUT2D eigenvalue weighted by molar-refractivity contribution is 6.39. The van der Waals surface area contributed by atoms with Gasteiger partial charge in [-0.25, -0.2) is 9.48 Å². The summed E-state index contributed by atoms with van der Waals surface area (Å²) in [6.45, 7) is 13.6. The largest absolute Gasteiger partial charge is 0.461 e. The number of rotatable bonds is 7. The maximum atomic E-state index is 14.5. The summed E-state index contributed by atoms with van der Waals surface area (Å²) in [4.78, 5) is 58.1. The molecule has 68 heavy (non-hydrogen) atoms. The number of amides is 1. The molecule has 0 unspecified atom stereocenters. The van der Waals surface area contributed by atoms with Crippen molar-refractivity contribution in [2.45, 2.75) is 186 Å². The number of tetrazole rings is 1. The van der Waals surface area contributed by atoms with Crippen LogP contribution < -0.4 is 0 Å². The molecule has 380 valence electrons. The number of hydrogen-bond acceptors (Lipinski definition) is 14. The van der Waals surface area contributed by atoms with Crippen LogP contribution in [0, 0.1) is 35.5 Å².